The zero-order chi connectivity index (χ0) is 15.4. The number of hydrogen-bond acceptors (Lipinski definition) is 4. The number of aliphatic imine (C=N–C) groups is 1. The number of hydrogen-bond donors (Lipinski definition) is 1. The highest BCUT2D eigenvalue weighted by molar-refractivity contribution is 14.0. The van der Waals surface area contributed by atoms with Crippen LogP contribution in [0.5, 0.6) is 0 Å². The topological polar surface area (TPSA) is 67.7 Å². The summed E-state index contributed by atoms with van der Waals surface area (Å²) >= 11 is 1.95. The first kappa shape index (κ1) is 18.1. The fourth-order valence-electron chi connectivity index (χ4n) is 2.28. The van der Waals surface area contributed by atoms with E-state index >= 15 is 0 Å². The van der Waals surface area contributed by atoms with Crippen molar-refractivity contribution in [3.05, 3.63) is 41.9 Å². The van der Waals surface area contributed by atoms with Crippen LogP contribution in [0.25, 0.3) is 11.3 Å². The van der Waals surface area contributed by atoms with Gasteiger partial charge < -0.3 is 15.1 Å². The van der Waals surface area contributed by atoms with E-state index in [2.05, 4.69) is 33.9 Å². The average molecular weight is 444 g/mol. The summed E-state index contributed by atoms with van der Waals surface area (Å²) in [6, 6.07) is 8.18. The predicted octanol–water partition coefficient (Wildman–Crippen LogP) is 3.13. The fourth-order valence-corrected chi connectivity index (χ4v) is 3.18. The van der Waals surface area contributed by atoms with Crippen LogP contribution in [0.3, 0.4) is 0 Å². The van der Waals surface area contributed by atoms with Gasteiger partial charge in [0, 0.05) is 30.2 Å². The van der Waals surface area contributed by atoms with Gasteiger partial charge >= 0.3 is 0 Å². The van der Waals surface area contributed by atoms with Crippen molar-refractivity contribution in [1.29, 1.82) is 0 Å². The third-order valence-corrected chi connectivity index (χ3v) is 4.54. The number of guanidine groups is 1. The van der Waals surface area contributed by atoms with Gasteiger partial charge in [0.15, 0.2) is 11.7 Å². The Labute approximate surface area is 157 Å². The second-order valence-corrected chi connectivity index (χ2v) is 6.48. The Morgan fingerprint density at radius 1 is 1.30 bits per heavy atom. The van der Waals surface area contributed by atoms with Crippen LogP contribution >= 0.6 is 35.7 Å². The Hall–Kier alpha value is -1.22. The van der Waals surface area contributed by atoms with E-state index in [9.17, 15) is 0 Å². The molecule has 2 aromatic rings. The van der Waals surface area contributed by atoms with E-state index in [1.165, 1.54) is 5.56 Å². The van der Waals surface area contributed by atoms with E-state index in [0.29, 0.717) is 18.4 Å². The van der Waals surface area contributed by atoms with E-state index in [4.69, 9.17) is 10.2 Å². The summed E-state index contributed by atoms with van der Waals surface area (Å²) in [5, 5.41) is 0. The molecule has 0 saturated carbocycles. The number of nitrogens with two attached hydrogens (primary N) is 1. The molecule has 2 heterocycles. The average Bonchev–Trinajstić information content (AvgIpc) is 3.03. The molecule has 1 aliphatic heterocycles. The lowest BCUT2D eigenvalue weighted by Crippen LogP contribution is -2.42. The van der Waals surface area contributed by atoms with Gasteiger partial charge in [-0.05, 0) is 6.92 Å². The van der Waals surface area contributed by atoms with E-state index < -0.39 is 0 Å². The number of rotatable bonds is 3. The van der Waals surface area contributed by atoms with Gasteiger partial charge in [-0.25, -0.2) is 9.98 Å². The molecule has 1 aliphatic rings. The van der Waals surface area contributed by atoms with Crippen LogP contribution in [-0.4, -0.2) is 40.4 Å². The SMILES string of the molecule is Cc1ccc(-c2cnc(CN=C(N)N3CCSCC3)o2)cc1.I. The molecular formula is C16H21IN4OS. The van der Waals surface area contributed by atoms with E-state index in [0.717, 1.165) is 35.9 Å². The van der Waals surface area contributed by atoms with Gasteiger partial charge in [0.2, 0.25) is 5.89 Å². The third kappa shape index (κ3) is 4.87. The highest BCUT2D eigenvalue weighted by Crippen LogP contribution is 2.21. The van der Waals surface area contributed by atoms with Gasteiger partial charge in [-0.3, -0.25) is 0 Å². The van der Waals surface area contributed by atoms with Crippen LogP contribution in [0.15, 0.2) is 39.9 Å². The minimum absolute atomic E-state index is 0. The molecule has 0 amide bonds. The number of benzene rings is 1. The molecule has 1 aromatic heterocycles. The van der Waals surface area contributed by atoms with E-state index in [-0.39, 0.29) is 24.0 Å². The standard InChI is InChI=1S/C16H20N4OS.HI/c1-12-2-4-13(5-3-12)14-10-18-15(21-14)11-19-16(17)20-6-8-22-9-7-20;/h2-5,10H,6-9,11H2,1H3,(H2,17,19);1H. The Balaban J connectivity index is 0.00000192. The van der Waals surface area contributed by atoms with Gasteiger partial charge in [-0.2, -0.15) is 11.8 Å². The molecular weight excluding hydrogens is 423 g/mol. The van der Waals surface area contributed by atoms with Crippen molar-refractivity contribution in [2.24, 2.45) is 10.7 Å². The van der Waals surface area contributed by atoms with Crippen molar-refractivity contribution < 1.29 is 4.42 Å². The molecule has 0 radical (unpaired) electrons. The van der Waals surface area contributed by atoms with E-state index in [1.807, 2.05) is 23.9 Å². The largest absolute Gasteiger partial charge is 0.439 e. The van der Waals surface area contributed by atoms with Gasteiger partial charge in [-0.1, -0.05) is 29.8 Å². The van der Waals surface area contributed by atoms with Crippen LogP contribution < -0.4 is 5.73 Å². The highest BCUT2D eigenvalue weighted by atomic mass is 127. The molecule has 1 aromatic carbocycles. The summed E-state index contributed by atoms with van der Waals surface area (Å²) in [5.74, 6) is 4.14. The summed E-state index contributed by atoms with van der Waals surface area (Å²) in [6.45, 7) is 4.36. The summed E-state index contributed by atoms with van der Waals surface area (Å²) in [4.78, 5) is 10.8. The molecule has 0 aliphatic carbocycles. The minimum Gasteiger partial charge on any atom is -0.439 e. The van der Waals surface area contributed by atoms with Crippen molar-refractivity contribution in [2.75, 3.05) is 24.6 Å². The molecule has 7 heteroatoms. The van der Waals surface area contributed by atoms with Crippen LogP contribution in [-0.2, 0) is 6.54 Å². The maximum absolute atomic E-state index is 6.03. The van der Waals surface area contributed by atoms with Crippen LogP contribution in [0.1, 0.15) is 11.5 Å². The number of halogens is 1. The van der Waals surface area contributed by atoms with Crippen LogP contribution in [0.2, 0.25) is 0 Å². The molecule has 23 heavy (non-hydrogen) atoms. The molecule has 0 unspecified atom stereocenters. The molecule has 0 bridgehead atoms. The van der Waals surface area contributed by atoms with Crippen LogP contribution in [0, 0.1) is 6.92 Å². The first-order valence-corrected chi connectivity index (χ1v) is 8.52. The quantitative estimate of drug-likeness (QED) is 0.448. The van der Waals surface area contributed by atoms with Crippen molar-refractivity contribution in [3.8, 4) is 11.3 Å². The molecule has 0 atom stereocenters. The molecule has 1 fully saturated rings. The summed E-state index contributed by atoms with van der Waals surface area (Å²) in [6.07, 6.45) is 1.74. The monoisotopic (exact) mass is 444 g/mol. The Morgan fingerprint density at radius 3 is 2.70 bits per heavy atom. The normalized spacial score (nSPS) is 15.3. The number of oxazole rings is 1. The lowest BCUT2D eigenvalue weighted by molar-refractivity contribution is 0.451. The number of aromatic nitrogens is 1. The van der Waals surface area contributed by atoms with Crippen molar-refractivity contribution in [1.82, 2.24) is 9.88 Å². The number of aryl methyl sites for hydroxylation is 1. The molecule has 1 saturated heterocycles. The molecule has 2 N–H and O–H groups in total. The van der Waals surface area contributed by atoms with Crippen molar-refractivity contribution in [2.45, 2.75) is 13.5 Å². The molecule has 3 rings (SSSR count). The lowest BCUT2D eigenvalue weighted by atomic mass is 10.1. The Morgan fingerprint density at radius 2 is 2.00 bits per heavy atom. The summed E-state index contributed by atoms with van der Waals surface area (Å²) in [5.41, 5.74) is 8.27. The molecule has 0 spiro atoms. The third-order valence-electron chi connectivity index (χ3n) is 3.60. The summed E-state index contributed by atoms with van der Waals surface area (Å²) < 4.78 is 5.75. The number of thioether (sulfide) groups is 1. The Bertz CT molecular complexity index is 650. The van der Waals surface area contributed by atoms with E-state index in [1.54, 1.807) is 6.20 Å². The molecule has 124 valence electrons. The zero-order valence-electron chi connectivity index (χ0n) is 13.1. The fraction of sp³-hybridized carbons (Fsp3) is 0.375. The molecule has 5 nitrogen and oxygen atoms in total. The minimum atomic E-state index is 0. The predicted molar refractivity (Wildman–Crippen MR) is 106 cm³/mol. The first-order chi connectivity index (χ1) is 10.7. The van der Waals surface area contributed by atoms with Crippen molar-refractivity contribution >= 4 is 41.7 Å². The smallest absolute Gasteiger partial charge is 0.216 e. The summed E-state index contributed by atoms with van der Waals surface area (Å²) in [7, 11) is 0. The lowest BCUT2D eigenvalue weighted by Gasteiger charge is -2.27. The van der Waals surface area contributed by atoms with Gasteiger partial charge in [0.05, 0.1) is 6.20 Å². The van der Waals surface area contributed by atoms with Crippen molar-refractivity contribution in [3.63, 3.8) is 0 Å². The van der Waals surface area contributed by atoms with Crippen LogP contribution in [0.4, 0.5) is 0 Å². The highest BCUT2D eigenvalue weighted by Gasteiger charge is 2.12. The van der Waals surface area contributed by atoms with Gasteiger partial charge in [0.1, 0.15) is 6.54 Å². The second kappa shape index (κ2) is 8.58. The number of nitrogens with zero attached hydrogens (tertiary/aromatic N) is 3. The Kier molecular flexibility index (Phi) is 6.76. The first-order valence-electron chi connectivity index (χ1n) is 7.37. The zero-order valence-corrected chi connectivity index (χ0v) is 16.2. The maximum atomic E-state index is 6.03. The van der Waals surface area contributed by atoms with Gasteiger partial charge in [0.25, 0.3) is 0 Å². The second-order valence-electron chi connectivity index (χ2n) is 5.26. The maximum Gasteiger partial charge on any atom is 0.216 e. The van der Waals surface area contributed by atoms with Gasteiger partial charge in [-0.15, -0.1) is 24.0 Å².